The number of primary amides is 1. The van der Waals surface area contributed by atoms with Gasteiger partial charge in [-0.1, -0.05) is 25.0 Å². The predicted octanol–water partition coefficient (Wildman–Crippen LogP) is 2.57. The van der Waals surface area contributed by atoms with Crippen LogP contribution in [0.25, 0.3) is 0 Å². The number of benzene rings is 1. The van der Waals surface area contributed by atoms with Crippen LogP contribution in [0.4, 0.5) is 4.39 Å². The molecule has 0 radical (unpaired) electrons. The molecule has 1 aliphatic carbocycles. The molecule has 0 saturated heterocycles. The second-order valence-corrected chi connectivity index (χ2v) is 5.46. The molecular formula is C16H16FN3O. The number of aromatic nitrogens is 2. The van der Waals surface area contributed by atoms with Crippen LogP contribution in [0.15, 0.2) is 36.7 Å². The first kappa shape index (κ1) is 13.7. The molecular weight excluding hydrogens is 269 g/mol. The molecule has 0 atom stereocenters. The van der Waals surface area contributed by atoms with Crippen molar-refractivity contribution in [1.82, 2.24) is 9.97 Å². The summed E-state index contributed by atoms with van der Waals surface area (Å²) in [6.07, 6.45) is 6.95. The molecule has 1 saturated carbocycles. The topological polar surface area (TPSA) is 68.9 Å². The van der Waals surface area contributed by atoms with Crippen LogP contribution in [0.5, 0.6) is 0 Å². The number of carbonyl (C=O) groups is 1. The van der Waals surface area contributed by atoms with E-state index in [1.807, 2.05) is 0 Å². The number of nitrogens with two attached hydrogens (primary N) is 1. The van der Waals surface area contributed by atoms with Crippen molar-refractivity contribution in [3.8, 4) is 0 Å². The average Bonchev–Trinajstić information content (AvgIpc) is 2.99. The van der Waals surface area contributed by atoms with Crippen molar-refractivity contribution in [3.05, 3.63) is 59.4 Å². The van der Waals surface area contributed by atoms with E-state index in [4.69, 9.17) is 5.73 Å². The Kier molecular flexibility index (Phi) is 3.41. The van der Waals surface area contributed by atoms with Crippen molar-refractivity contribution in [2.75, 3.05) is 0 Å². The molecule has 1 amide bonds. The van der Waals surface area contributed by atoms with Crippen molar-refractivity contribution < 1.29 is 9.18 Å². The van der Waals surface area contributed by atoms with E-state index in [0.717, 1.165) is 31.2 Å². The number of rotatable bonds is 3. The molecule has 1 aromatic heterocycles. The van der Waals surface area contributed by atoms with Gasteiger partial charge in [-0.2, -0.15) is 0 Å². The van der Waals surface area contributed by atoms with E-state index in [1.54, 1.807) is 12.1 Å². The Morgan fingerprint density at radius 2 is 1.67 bits per heavy atom. The van der Waals surface area contributed by atoms with Crippen molar-refractivity contribution in [1.29, 1.82) is 0 Å². The van der Waals surface area contributed by atoms with Crippen LogP contribution in [-0.4, -0.2) is 15.9 Å². The minimum atomic E-state index is -0.538. The standard InChI is InChI=1S/C16H16FN3O/c17-13-5-3-12(4-6-13)16(7-1-2-8-16)15-19-9-11(10-20-15)14(18)21/h3-6,9-10H,1-2,7-8H2,(H2,18,21). The smallest absolute Gasteiger partial charge is 0.251 e. The third-order valence-electron chi connectivity index (χ3n) is 4.22. The number of amides is 1. The van der Waals surface area contributed by atoms with Gasteiger partial charge in [-0.3, -0.25) is 4.79 Å². The minimum Gasteiger partial charge on any atom is -0.366 e. The fourth-order valence-corrected chi connectivity index (χ4v) is 3.09. The monoisotopic (exact) mass is 285 g/mol. The molecule has 0 bridgehead atoms. The maximum atomic E-state index is 13.2. The molecule has 1 fully saturated rings. The minimum absolute atomic E-state index is 0.253. The molecule has 0 spiro atoms. The van der Waals surface area contributed by atoms with Gasteiger partial charge in [0.15, 0.2) is 0 Å². The molecule has 21 heavy (non-hydrogen) atoms. The highest BCUT2D eigenvalue weighted by Crippen LogP contribution is 2.44. The highest BCUT2D eigenvalue weighted by Gasteiger charge is 2.39. The summed E-state index contributed by atoms with van der Waals surface area (Å²) < 4.78 is 13.2. The average molecular weight is 285 g/mol. The van der Waals surface area contributed by atoms with Crippen LogP contribution >= 0.6 is 0 Å². The normalized spacial score (nSPS) is 16.8. The van der Waals surface area contributed by atoms with Crippen LogP contribution in [-0.2, 0) is 5.41 Å². The number of hydrogen-bond acceptors (Lipinski definition) is 3. The molecule has 1 aliphatic rings. The van der Waals surface area contributed by atoms with Gasteiger partial charge in [-0.15, -0.1) is 0 Å². The van der Waals surface area contributed by atoms with Crippen molar-refractivity contribution >= 4 is 5.91 Å². The molecule has 4 nitrogen and oxygen atoms in total. The van der Waals surface area contributed by atoms with E-state index < -0.39 is 5.91 Å². The number of hydrogen-bond donors (Lipinski definition) is 1. The fraction of sp³-hybridized carbons (Fsp3) is 0.312. The highest BCUT2D eigenvalue weighted by atomic mass is 19.1. The Morgan fingerprint density at radius 3 is 2.19 bits per heavy atom. The Hall–Kier alpha value is -2.30. The summed E-state index contributed by atoms with van der Waals surface area (Å²) in [6, 6.07) is 6.53. The molecule has 0 aliphatic heterocycles. The maximum Gasteiger partial charge on any atom is 0.251 e. The van der Waals surface area contributed by atoms with Gasteiger partial charge in [0.1, 0.15) is 11.6 Å². The number of halogens is 1. The first-order valence-electron chi connectivity index (χ1n) is 7.00. The number of nitrogens with zero attached hydrogens (tertiary/aromatic N) is 2. The summed E-state index contributed by atoms with van der Waals surface area (Å²) in [6.45, 7) is 0. The third kappa shape index (κ3) is 2.39. The zero-order chi connectivity index (χ0) is 14.9. The van der Waals surface area contributed by atoms with E-state index in [-0.39, 0.29) is 11.2 Å². The van der Waals surface area contributed by atoms with Crippen LogP contribution in [0.2, 0.25) is 0 Å². The van der Waals surface area contributed by atoms with Crippen LogP contribution in [0.1, 0.15) is 47.4 Å². The predicted molar refractivity (Wildman–Crippen MR) is 76.2 cm³/mol. The van der Waals surface area contributed by atoms with Gasteiger partial charge < -0.3 is 5.73 Å². The van der Waals surface area contributed by atoms with Crippen LogP contribution in [0.3, 0.4) is 0 Å². The number of carbonyl (C=O) groups excluding carboxylic acids is 1. The quantitative estimate of drug-likeness (QED) is 0.942. The summed E-state index contributed by atoms with van der Waals surface area (Å²) in [5.74, 6) is -0.114. The second kappa shape index (κ2) is 5.24. The maximum absolute atomic E-state index is 13.2. The molecule has 3 rings (SSSR count). The molecule has 108 valence electrons. The van der Waals surface area contributed by atoms with Gasteiger partial charge in [-0.05, 0) is 30.5 Å². The third-order valence-corrected chi connectivity index (χ3v) is 4.22. The Morgan fingerprint density at radius 1 is 1.10 bits per heavy atom. The van der Waals surface area contributed by atoms with E-state index in [2.05, 4.69) is 9.97 Å². The van der Waals surface area contributed by atoms with E-state index in [0.29, 0.717) is 11.4 Å². The van der Waals surface area contributed by atoms with Gasteiger partial charge in [0.05, 0.1) is 11.0 Å². The Bertz CT molecular complexity index is 646. The Labute approximate surface area is 122 Å². The summed E-state index contributed by atoms with van der Waals surface area (Å²) in [5, 5.41) is 0. The fourth-order valence-electron chi connectivity index (χ4n) is 3.09. The highest BCUT2D eigenvalue weighted by molar-refractivity contribution is 5.92. The van der Waals surface area contributed by atoms with E-state index in [9.17, 15) is 9.18 Å². The lowest BCUT2D eigenvalue weighted by molar-refractivity contribution is 0.0999. The lowest BCUT2D eigenvalue weighted by Gasteiger charge is -2.28. The van der Waals surface area contributed by atoms with E-state index >= 15 is 0 Å². The van der Waals surface area contributed by atoms with Crippen molar-refractivity contribution in [2.45, 2.75) is 31.1 Å². The largest absolute Gasteiger partial charge is 0.366 e. The zero-order valence-corrected chi connectivity index (χ0v) is 11.6. The SMILES string of the molecule is NC(=O)c1cnc(C2(c3ccc(F)cc3)CCCC2)nc1. The van der Waals surface area contributed by atoms with Gasteiger partial charge in [0.25, 0.3) is 5.91 Å². The lowest BCUT2D eigenvalue weighted by atomic mass is 9.78. The summed E-state index contributed by atoms with van der Waals surface area (Å²) in [7, 11) is 0. The van der Waals surface area contributed by atoms with Gasteiger partial charge in [0, 0.05) is 12.4 Å². The first-order chi connectivity index (χ1) is 10.1. The molecule has 0 unspecified atom stereocenters. The van der Waals surface area contributed by atoms with Gasteiger partial charge >= 0.3 is 0 Å². The van der Waals surface area contributed by atoms with Gasteiger partial charge in [0.2, 0.25) is 0 Å². The molecule has 2 N–H and O–H groups in total. The first-order valence-corrected chi connectivity index (χ1v) is 7.00. The molecule has 2 aromatic rings. The molecule has 1 heterocycles. The van der Waals surface area contributed by atoms with Gasteiger partial charge in [-0.25, -0.2) is 14.4 Å². The van der Waals surface area contributed by atoms with E-state index in [1.165, 1.54) is 24.5 Å². The van der Waals surface area contributed by atoms with Crippen LogP contribution in [0, 0.1) is 5.82 Å². The summed E-state index contributed by atoms with van der Waals surface area (Å²) in [5.41, 5.74) is 6.25. The lowest BCUT2D eigenvalue weighted by Crippen LogP contribution is -2.27. The zero-order valence-electron chi connectivity index (χ0n) is 11.6. The molecule has 1 aromatic carbocycles. The summed E-state index contributed by atoms with van der Waals surface area (Å²) >= 11 is 0. The molecule has 5 heteroatoms. The van der Waals surface area contributed by atoms with Crippen molar-refractivity contribution in [3.63, 3.8) is 0 Å². The van der Waals surface area contributed by atoms with Crippen molar-refractivity contribution in [2.24, 2.45) is 5.73 Å². The summed E-state index contributed by atoms with van der Waals surface area (Å²) in [4.78, 5) is 19.8. The Balaban J connectivity index is 2.04. The van der Waals surface area contributed by atoms with Crippen LogP contribution < -0.4 is 5.73 Å². The second-order valence-electron chi connectivity index (χ2n) is 5.46.